The monoisotopic (exact) mass is 193 g/mol. The average Bonchev–Trinajstić information content (AvgIpc) is 0. The Hall–Kier alpha value is 1.49. The van der Waals surface area contributed by atoms with Gasteiger partial charge in [-0.3, -0.25) is 0 Å². The second kappa shape index (κ2) is 24.6. The van der Waals surface area contributed by atoms with Gasteiger partial charge >= 0.3 is 0 Å². The van der Waals surface area contributed by atoms with E-state index in [9.17, 15) is 0 Å². The van der Waals surface area contributed by atoms with Gasteiger partial charge in [0.25, 0.3) is 0 Å². The average molecular weight is 191 g/mol. The van der Waals surface area contributed by atoms with Crippen LogP contribution in [-0.4, -0.2) is 11.0 Å². The van der Waals surface area contributed by atoms with E-state index in [0.29, 0.717) is 0 Å². The maximum Gasteiger partial charge on any atom is 0 e. The van der Waals surface area contributed by atoms with Crippen LogP contribution in [0.1, 0.15) is 7.43 Å². The van der Waals surface area contributed by atoms with Crippen molar-refractivity contribution in [3.63, 3.8) is 0 Å². The van der Waals surface area contributed by atoms with Gasteiger partial charge in [-0.1, -0.05) is 7.43 Å². The summed E-state index contributed by atoms with van der Waals surface area (Å²) in [6, 6.07) is 0. The molecular formula is CH4MoSiV. The molecule has 0 aliphatic rings. The van der Waals surface area contributed by atoms with Crippen LogP contribution in [-0.2, 0) is 39.6 Å². The first-order chi connectivity index (χ1) is 0. The molecule has 0 fully saturated rings. The van der Waals surface area contributed by atoms with Crippen molar-refractivity contribution in [2.75, 3.05) is 0 Å². The molecular weight excluding hydrogens is 187 g/mol. The van der Waals surface area contributed by atoms with Gasteiger partial charge in [0.05, 0.1) is 0 Å². The minimum atomic E-state index is 0. The van der Waals surface area contributed by atoms with Crippen LogP contribution in [0.4, 0.5) is 0 Å². The van der Waals surface area contributed by atoms with Crippen LogP contribution in [0.2, 0.25) is 0 Å². The van der Waals surface area contributed by atoms with Crippen molar-refractivity contribution < 1.29 is 39.6 Å². The molecule has 0 spiro atoms. The predicted octanol–water partition coefficient (Wildman–Crippen LogP) is 0.250. The quantitative estimate of drug-likeness (QED) is 0.481. The van der Waals surface area contributed by atoms with Crippen LogP contribution in [0.25, 0.3) is 0 Å². The van der Waals surface area contributed by atoms with E-state index >= 15 is 0 Å². The second-order valence-electron chi connectivity index (χ2n) is 0. The van der Waals surface area contributed by atoms with Gasteiger partial charge in [-0.05, 0) is 0 Å². The Balaban J connectivity index is 0. The van der Waals surface area contributed by atoms with Gasteiger partial charge in [0.1, 0.15) is 0 Å². The van der Waals surface area contributed by atoms with E-state index in [1.165, 1.54) is 0 Å². The van der Waals surface area contributed by atoms with E-state index in [4.69, 9.17) is 0 Å². The zero-order valence-corrected chi connectivity index (χ0v) is 5.76. The van der Waals surface area contributed by atoms with Gasteiger partial charge in [0, 0.05) is 50.6 Å². The zero-order chi connectivity index (χ0) is 0. The Kier molecular flexibility index (Phi) is 307. The molecule has 0 aromatic rings. The van der Waals surface area contributed by atoms with Gasteiger partial charge < -0.3 is 0 Å². The molecule has 3 heteroatoms. The van der Waals surface area contributed by atoms with E-state index in [1.807, 2.05) is 0 Å². The molecule has 0 saturated carbocycles. The fraction of sp³-hybridized carbons (Fsp3) is 1.00. The molecule has 0 rings (SSSR count). The Morgan fingerprint density at radius 1 is 1.00 bits per heavy atom. The molecule has 0 bridgehead atoms. The predicted molar refractivity (Wildman–Crippen MR) is 12.5 cm³/mol. The molecule has 0 unspecified atom stereocenters. The van der Waals surface area contributed by atoms with E-state index in [0.717, 1.165) is 0 Å². The van der Waals surface area contributed by atoms with Crippen molar-refractivity contribution >= 4 is 11.0 Å². The molecule has 0 aliphatic heterocycles. The molecule has 0 aliphatic carbocycles. The fourth-order valence-electron chi connectivity index (χ4n) is 0. The third kappa shape index (κ3) is 9.75. The summed E-state index contributed by atoms with van der Waals surface area (Å²) < 4.78 is 0. The molecule has 23 valence electrons. The van der Waals surface area contributed by atoms with Crippen molar-refractivity contribution in [1.82, 2.24) is 0 Å². The van der Waals surface area contributed by atoms with Crippen molar-refractivity contribution in [3.8, 4) is 0 Å². The Morgan fingerprint density at radius 3 is 1.00 bits per heavy atom. The van der Waals surface area contributed by atoms with Crippen molar-refractivity contribution in [2.45, 2.75) is 7.43 Å². The molecule has 0 amide bonds. The second-order valence-corrected chi connectivity index (χ2v) is 0. The summed E-state index contributed by atoms with van der Waals surface area (Å²) in [6.07, 6.45) is 0. The maximum atomic E-state index is 0. The van der Waals surface area contributed by atoms with E-state index in [-0.39, 0.29) is 58.0 Å². The molecule has 0 heterocycles. The maximum absolute atomic E-state index is 0. The summed E-state index contributed by atoms with van der Waals surface area (Å²) in [5.41, 5.74) is 0. The van der Waals surface area contributed by atoms with Crippen LogP contribution in [0.3, 0.4) is 0 Å². The van der Waals surface area contributed by atoms with Crippen molar-refractivity contribution in [3.05, 3.63) is 0 Å². The van der Waals surface area contributed by atoms with Crippen LogP contribution in [0.15, 0.2) is 0 Å². The fourth-order valence-corrected chi connectivity index (χ4v) is 0. The molecule has 0 nitrogen and oxygen atoms in total. The number of rotatable bonds is 0. The van der Waals surface area contributed by atoms with E-state index in [2.05, 4.69) is 0 Å². The Bertz CT molecular complexity index is 8.00. The van der Waals surface area contributed by atoms with Crippen LogP contribution in [0, 0.1) is 0 Å². The van der Waals surface area contributed by atoms with Crippen molar-refractivity contribution in [2.24, 2.45) is 0 Å². The Morgan fingerprint density at radius 2 is 1.00 bits per heavy atom. The third-order valence-electron chi connectivity index (χ3n) is 0. The molecule has 0 saturated heterocycles. The molecule has 0 N–H and O–H groups in total. The van der Waals surface area contributed by atoms with Gasteiger partial charge in [-0.2, -0.15) is 0 Å². The SMILES string of the molecule is C.[Mo].[Si].[V]. The summed E-state index contributed by atoms with van der Waals surface area (Å²) in [5.74, 6) is 0. The Labute approximate surface area is 57.9 Å². The van der Waals surface area contributed by atoms with Crippen LogP contribution >= 0.6 is 0 Å². The standard InChI is InChI=1S/CH4.Mo.Si.V/h1H4;;;. The smallest absolute Gasteiger partial charge is 0 e. The minimum Gasteiger partial charge on any atom is -0.0776 e. The summed E-state index contributed by atoms with van der Waals surface area (Å²) in [7, 11) is 0. The van der Waals surface area contributed by atoms with Crippen molar-refractivity contribution in [1.29, 1.82) is 0 Å². The first-order valence-corrected chi connectivity index (χ1v) is 0. The third-order valence-corrected chi connectivity index (χ3v) is 0. The molecule has 4 heavy (non-hydrogen) atoms. The molecule has 5 radical (unpaired) electrons. The summed E-state index contributed by atoms with van der Waals surface area (Å²) in [6.45, 7) is 0. The normalized spacial score (nSPS) is 0. The molecule has 0 aromatic heterocycles. The van der Waals surface area contributed by atoms with Crippen LogP contribution < -0.4 is 0 Å². The van der Waals surface area contributed by atoms with E-state index in [1.54, 1.807) is 0 Å². The number of hydrogen-bond acceptors (Lipinski definition) is 0. The minimum absolute atomic E-state index is 0. The summed E-state index contributed by atoms with van der Waals surface area (Å²) in [5, 5.41) is 0. The number of hydrogen-bond donors (Lipinski definition) is 0. The first-order valence-electron chi connectivity index (χ1n) is 0. The van der Waals surface area contributed by atoms with Gasteiger partial charge in [0.15, 0.2) is 0 Å². The summed E-state index contributed by atoms with van der Waals surface area (Å²) in [4.78, 5) is 0. The van der Waals surface area contributed by atoms with Gasteiger partial charge in [-0.25, -0.2) is 0 Å². The summed E-state index contributed by atoms with van der Waals surface area (Å²) >= 11 is 0. The van der Waals surface area contributed by atoms with E-state index < -0.39 is 0 Å². The largest absolute Gasteiger partial charge is 0.0776 e. The zero-order valence-electron chi connectivity index (χ0n) is 1.36. The van der Waals surface area contributed by atoms with Crippen LogP contribution in [0.5, 0.6) is 0 Å². The first kappa shape index (κ1) is 49.9. The topological polar surface area (TPSA) is 0 Å². The molecule has 0 atom stereocenters. The molecule has 0 aromatic carbocycles. The van der Waals surface area contributed by atoms with Gasteiger partial charge in [-0.15, -0.1) is 0 Å². The van der Waals surface area contributed by atoms with Gasteiger partial charge in [0.2, 0.25) is 0 Å².